The summed E-state index contributed by atoms with van der Waals surface area (Å²) in [6.07, 6.45) is 1.76. The Morgan fingerprint density at radius 1 is 1.12 bits per heavy atom. The third kappa shape index (κ3) is 4.42. The van der Waals surface area contributed by atoms with Gasteiger partial charge in [0.05, 0.1) is 21.9 Å². The number of hydrogen-bond acceptors (Lipinski definition) is 4. The van der Waals surface area contributed by atoms with Crippen LogP contribution in [-0.4, -0.2) is 48.5 Å². The third-order valence-electron chi connectivity index (χ3n) is 4.34. The SMILES string of the molecule is CCN1CCN(c2ccc(C(=O)Nc3ccc(Cl)c(Cl)c3)nc2)CC1. The highest BCUT2D eigenvalue weighted by Gasteiger charge is 2.17. The van der Waals surface area contributed by atoms with Gasteiger partial charge in [-0.2, -0.15) is 0 Å². The predicted molar refractivity (Wildman–Crippen MR) is 103 cm³/mol. The standard InChI is InChI=1S/C18H20Cl2N4O/c1-2-23-7-9-24(10-8-23)14-4-6-17(21-12-14)18(25)22-13-3-5-15(19)16(20)11-13/h3-6,11-12H,2,7-10H2,1H3,(H,22,25). The zero-order valence-electron chi connectivity index (χ0n) is 14.0. The van der Waals surface area contributed by atoms with E-state index in [0.29, 0.717) is 21.4 Å². The number of likely N-dealkylation sites (N-methyl/N-ethyl adjacent to an activating group) is 1. The molecule has 0 unspecified atom stereocenters. The molecule has 2 aromatic rings. The molecule has 25 heavy (non-hydrogen) atoms. The lowest BCUT2D eigenvalue weighted by Crippen LogP contribution is -2.46. The monoisotopic (exact) mass is 378 g/mol. The van der Waals surface area contributed by atoms with Crippen LogP contribution in [0.15, 0.2) is 36.5 Å². The van der Waals surface area contributed by atoms with Crippen LogP contribution >= 0.6 is 23.2 Å². The van der Waals surface area contributed by atoms with Crippen LogP contribution in [0.2, 0.25) is 10.0 Å². The van der Waals surface area contributed by atoms with Crippen LogP contribution in [0.3, 0.4) is 0 Å². The lowest BCUT2D eigenvalue weighted by Gasteiger charge is -2.35. The van der Waals surface area contributed by atoms with Gasteiger partial charge in [-0.1, -0.05) is 30.1 Å². The van der Waals surface area contributed by atoms with Crippen molar-refractivity contribution < 1.29 is 4.79 Å². The molecule has 1 aliphatic rings. The van der Waals surface area contributed by atoms with E-state index in [2.05, 4.69) is 27.0 Å². The van der Waals surface area contributed by atoms with Crippen molar-refractivity contribution in [2.24, 2.45) is 0 Å². The maximum atomic E-state index is 12.3. The van der Waals surface area contributed by atoms with Gasteiger partial charge >= 0.3 is 0 Å². The van der Waals surface area contributed by atoms with E-state index in [1.807, 2.05) is 6.07 Å². The van der Waals surface area contributed by atoms with E-state index in [4.69, 9.17) is 23.2 Å². The number of pyridine rings is 1. The Bertz CT molecular complexity index is 743. The van der Waals surface area contributed by atoms with E-state index in [1.54, 1.807) is 30.5 Å². The minimum absolute atomic E-state index is 0.277. The summed E-state index contributed by atoms with van der Waals surface area (Å²) in [5, 5.41) is 3.62. The van der Waals surface area contributed by atoms with Gasteiger partial charge in [0.25, 0.3) is 5.91 Å². The summed E-state index contributed by atoms with van der Waals surface area (Å²) in [5.41, 5.74) is 1.99. The summed E-state index contributed by atoms with van der Waals surface area (Å²) in [5.74, 6) is -0.277. The first-order valence-electron chi connectivity index (χ1n) is 8.26. The van der Waals surface area contributed by atoms with Crippen molar-refractivity contribution >= 4 is 40.5 Å². The Hall–Kier alpha value is -1.82. The molecule has 2 heterocycles. The number of piperazine rings is 1. The van der Waals surface area contributed by atoms with Crippen LogP contribution in [-0.2, 0) is 0 Å². The van der Waals surface area contributed by atoms with Crippen molar-refractivity contribution in [3.05, 3.63) is 52.3 Å². The fourth-order valence-electron chi connectivity index (χ4n) is 2.80. The topological polar surface area (TPSA) is 48.5 Å². The highest BCUT2D eigenvalue weighted by molar-refractivity contribution is 6.42. The summed E-state index contributed by atoms with van der Waals surface area (Å²) in [6, 6.07) is 8.65. The number of anilines is 2. The second kappa shape index (κ2) is 8.04. The largest absolute Gasteiger partial charge is 0.368 e. The molecule has 7 heteroatoms. The molecule has 3 rings (SSSR count). The number of nitrogens with zero attached hydrogens (tertiary/aromatic N) is 3. The predicted octanol–water partition coefficient (Wildman–Crippen LogP) is 3.78. The first-order valence-corrected chi connectivity index (χ1v) is 9.02. The number of halogens is 2. The minimum Gasteiger partial charge on any atom is -0.368 e. The van der Waals surface area contributed by atoms with E-state index in [1.165, 1.54) is 0 Å². The summed E-state index contributed by atoms with van der Waals surface area (Å²) in [4.78, 5) is 21.3. The smallest absolute Gasteiger partial charge is 0.274 e. The fourth-order valence-corrected chi connectivity index (χ4v) is 3.10. The van der Waals surface area contributed by atoms with Gasteiger partial charge in [0.1, 0.15) is 5.69 Å². The van der Waals surface area contributed by atoms with E-state index >= 15 is 0 Å². The van der Waals surface area contributed by atoms with Gasteiger partial charge in [0.2, 0.25) is 0 Å². The summed E-state index contributed by atoms with van der Waals surface area (Å²) < 4.78 is 0. The molecule has 1 saturated heterocycles. The molecule has 0 radical (unpaired) electrons. The summed E-state index contributed by atoms with van der Waals surface area (Å²) in [7, 11) is 0. The van der Waals surface area contributed by atoms with Gasteiger partial charge in [-0.15, -0.1) is 0 Å². The molecule has 0 bridgehead atoms. The molecule has 132 valence electrons. The number of benzene rings is 1. The summed E-state index contributed by atoms with van der Waals surface area (Å²) in [6.45, 7) is 7.32. The van der Waals surface area contributed by atoms with Crippen LogP contribution in [0, 0.1) is 0 Å². The average molecular weight is 379 g/mol. The number of nitrogens with one attached hydrogen (secondary N) is 1. The second-order valence-corrected chi connectivity index (χ2v) is 6.72. The van der Waals surface area contributed by atoms with Crippen molar-refractivity contribution in [1.82, 2.24) is 9.88 Å². The van der Waals surface area contributed by atoms with Gasteiger partial charge in [-0.3, -0.25) is 4.79 Å². The Balaban J connectivity index is 1.63. The number of aromatic nitrogens is 1. The summed E-state index contributed by atoms with van der Waals surface area (Å²) >= 11 is 11.8. The van der Waals surface area contributed by atoms with Crippen LogP contribution in [0.25, 0.3) is 0 Å². The Morgan fingerprint density at radius 3 is 2.48 bits per heavy atom. The van der Waals surface area contributed by atoms with Gasteiger partial charge in [-0.05, 0) is 36.9 Å². The van der Waals surface area contributed by atoms with Crippen molar-refractivity contribution in [1.29, 1.82) is 0 Å². The van der Waals surface area contributed by atoms with E-state index < -0.39 is 0 Å². The lowest BCUT2D eigenvalue weighted by atomic mass is 10.2. The van der Waals surface area contributed by atoms with Gasteiger partial charge in [0, 0.05) is 31.9 Å². The molecule has 0 saturated carbocycles. The molecule has 5 nitrogen and oxygen atoms in total. The van der Waals surface area contributed by atoms with Crippen molar-refractivity contribution in [2.45, 2.75) is 6.92 Å². The molecule has 1 amide bonds. The second-order valence-electron chi connectivity index (χ2n) is 5.91. The van der Waals surface area contributed by atoms with E-state index in [9.17, 15) is 4.79 Å². The number of carbonyl (C=O) groups is 1. The Kier molecular flexibility index (Phi) is 5.78. The first kappa shape index (κ1) is 18.0. The molecule has 1 aromatic heterocycles. The van der Waals surface area contributed by atoms with Crippen LogP contribution in [0.1, 0.15) is 17.4 Å². The van der Waals surface area contributed by atoms with Gasteiger partial charge in [0.15, 0.2) is 0 Å². The minimum atomic E-state index is -0.277. The quantitative estimate of drug-likeness (QED) is 0.879. The van der Waals surface area contributed by atoms with Gasteiger partial charge in [-0.25, -0.2) is 4.98 Å². The average Bonchev–Trinajstić information content (AvgIpc) is 2.65. The molecule has 1 aliphatic heterocycles. The van der Waals surface area contributed by atoms with Crippen molar-refractivity contribution in [2.75, 3.05) is 42.9 Å². The maximum absolute atomic E-state index is 12.3. The third-order valence-corrected chi connectivity index (χ3v) is 5.08. The molecule has 0 spiro atoms. The van der Waals surface area contributed by atoms with Gasteiger partial charge < -0.3 is 15.1 Å². The normalized spacial score (nSPS) is 15.2. The van der Waals surface area contributed by atoms with Crippen LogP contribution in [0.4, 0.5) is 11.4 Å². The zero-order chi connectivity index (χ0) is 17.8. The molecular weight excluding hydrogens is 359 g/mol. The van der Waals surface area contributed by atoms with E-state index in [-0.39, 0.29) is 5.91 Å². The van der Waals surface area contributed by atoms with Crippen LogP contribution < -0.4 is 10.2 Å². The number of rotatable bonds is 4. The molecule has 0 aliphatic carbocycles. The molecule has 1 N–H and O–H groups in total. The highest BCUT2D eigenvalue weighted by atomic mass is 35.5. The fraction of sp³-hybridized carbons (Fsp3) is 0.333. The number of hydrogen-bond donors (Lipinski definition) is 1. The van der Waals surface area contributed by atoms with E-state index in [0.717, 1.165) is 38.4 Å². The zero-order valence-corrected chi connectivity index (χ0v) is 15.5. The Morgan fingerprint density at radius 2 is 1.88 bits per heavy atom. The molecular formula is C18H20Cl2N4O. The number of carbonyl (C=O) groups excluding carboxylic acids is 1. The molecule has 1 fully saturated rings. The first-order chi connectivity index (χ1) is 12.1. The van der Waals surface area contributed by atoms with Crippen molar-refractivity contribution in [3.63, 3.8) is 0 Å². The maximum Gasteiger partial charge on any atom is 0.274 e. The lowest BCUT2D eigenvalue weighted by molar-refractivity contribution is 0.102. The number of amides is 1. The highest BCUT2D eigenvalue weighted by Crippen LogP contribution is 2.25. The van der Waals surface area contributed by atoms with Crippen molar-refractivity contribution in [3.8, 4) is 0 Å². The molecule has 0 atom stereocenters. The Labute approximate surface area is 157 Å². The van der Waals surface area contributed by atoms with Crippen LogP contribution in [0.5, 0.6) is 0 Å². The molecule has 1 aromatic carbocycles.